The van der Waals surface area contributed by atoms with Crippen LogP contribution in [0.4, 0.5) is 9.18 Å². The van der Waals surface area contributed by atoms with Crippen LogP contribution in [0.2, 0.25) is 0 Å². The molecule has 0 radical (unpaired) electrons. The van der Waals surface area contributed by atoms with Gasteiger partial charge in [-0.1, -0.05) is 24.3 Å². The van der Waals surface area contributed by atoms with E-state index in [1.54, 1.807) is 27.4 Å². The number of carbonyl (C=O) groups excluding carboxylic acids is 2. The Hall–Kier alpha value is -4.07. The van der Waals surface area contributed by atoms with Gasteiger partial charge in [-0.15, -0.1) is 11.8 Å². The zero-order valence-electron chi connectivity index (χ0n) is 22.9. The maximum atomic E-state index is 14.5. The summed E-state index contributed by atoms with van der Waals surface area (Å²) in [6.45, 7) is -0.0675. The molecule has 3 aliphatic rings. The Balaban J connectivity index is 1.58. The van der Waals surface area contributed by atoms with Crippen LogP contribution in [0.15, 0.2) is 64.4 Å². The van der Waals surface area contributed by atoms with E-state index in [1.165, 1.54) is 31.5 Å². The Morgan fingerprint density at radius 2 is 1.93 bits per heavy atom. The van der Waals surface area contributed by atoms with E-state index in [4.69, 9.17) is 18.9 Å². The van der Waals surface area contributed by atoms with Crippen LogP contribution in [0.25, 0.3) is 0 Å². The molecule has 0 saturated carbocycles. The normalized spacial score (nSPS) is 20.9. The lowest BCUT2D eigenvalue weighted by atomic mass is 9.93. The minimum atomic E-state index is -1.00. The second-order valence-electron chi connectivity index (χ2n) is 9.85. The van der Waals surface area contributed by atoms with Gasteiger partial charge < -0.3 is 28.6 Å². The first kappa shape index (κ1) is 28.1. The van der Waals surface area contributed by atoms with Crippen molar-refractivity contribution < 1.29 is 37.7 Å². The molecule has 13 heteroatoms. The third kappa shape index (κ3) is 4.86. The number of benzene rings is 2. The molecule has 3 aromatic rings. The Labute approximate surface area is 244 Å². The highest BCUT2D eigenvalue weighted by molar-refractivity contribution is 7.98. The van der Waals surface area contributed by atoms with Crippen molar-refractivity contribution in [1.82, 2.24) is 9.58 Å². The van der Waals surface area contributed by atoms with Crippen LogP contribution in [0.3, 0.4) is 0 Å². The minimum Gasteiger partial charge on any atom is -0.451 e. The van der Waals surface area contributed by atoms with Gasteiger partial charge in [0.2, 0.25) is 18.0 Å². The summed E-state index contributed by atoms with van der Waals surface area (Å²) in [6.07, 6.45) is -0.109. The molecule has 4 heterocycles. The van der Waals surface area contributed by atoms with E-state index in [0.29, 0.717) is 5.75 Å². The number of methoxy groups -OCH3 is 2. The molecule has 3 atom stereocenters. The first-order chi connectivity index (χ1) is 20.4. The molecule has 42 heavy (non-hydrogen) atoms. The predicted octanol–water partition coefficient (Wildman–Crippen LogP) is 3.27. The Kier molecular flexibility index (Phi) is 7.80. The largest absolute Gasteiger partial charge is 0.510 e. The van der Waals surface area contributed by atoms with Crippen LogP contribution in [-0.2, 0) is 24.7 Å². The zero-order valence-corrected chi connectivity index (χ0v) is 23.7. The summed E-state index contributed by atoms with van der Waals surface area (Å²) >= 11 is 1.60. The summed E-state index contributed by atoms with van der Waals surface area (Å²) in [6, 6.07) is 12.9. The van der Waals surface area contributed by atoms with Gasteiger partial charge in [-0.25, -0.2) is 9.18 Å². The standard InChI is InChI=1S/C29H28FN3O8S/c1-37-12-19-13-39-14-24-32(19)28(35)26-27(40-16-41-29(36)38-2)22(34)9-10-31(26)33(24)25-20-8-7-18(30)11-17(20)15-42-23-6-4-3-5-21(23)25/h3-11,19,24-25H,12-16H2,1-2H3/t19?,24-,25+/m1/s1. The molecule has 0 bridgehead atoms. The lowest BCUT2D eigenvalue weighted by Crippen LogP contribution is -2.69. The first-order valence-electron chi connectivity index (χ1n) is 13.2. The third-order valence-electron chi connectivity index (χ3n) is 7.48. The number of halogens is 1. The molecule has 0 aliphatic carbocycles. The molecule has 0 spiro atoms. The molecule has 2 aromatic carbocycles. The van der Waals surface area contributed by atoms with Crippen molar-refractivity contribution in [1.29, 1.82) is 0 Å². The van der Waals surface area contributed by atoms with E-state index in [0.717, 1.165) is 28.7 Å². The summed E-state index contributed by atoms with van der Waals surface area (Å²) in [5, 5.41) is 1.97. The third-order valence-corrected chi connectivity index (χ3v) is 8.62. The maximum absolute atomic E-state index is 14.5. The van der Waals surface area contributed by atoms with Crippen molar-refractivity contribution in [3.8, 4) is 5.75 Å². The smallest absolute Gasteiger partial charge is 0.451 e. The maximum Gasteiger partial charge on any atom is 0.510 e. The average Bonchev–Trinajstić information content (AvgIpc) is 3.15. The number of amides is 1. The van der Waals surface area contributed by atoms with Crippen molar-refractivity contribution in [3.05, 3.63) is 93.2 Å². The van der Waals surface area contributed by atoms with Crippen molar-refractivity contribution >= 4 is 23.8 Å². The number of ether oxygens (including phenoxy) is 5. The number of thioether (sulfide) groups is 1. The van der Waals surface area contributed by atoms with E-state index in [1.807, 2.05) is 29.3 Å². The van der Waals surface area contributed by atoms with Crippen LogP contribution < -0.4 is 15.2 Å². The van der Waals surface area contributed by atoms with Crippen molar-refractivity contribution in [2.75, 3.05) is 45.8 Å². The number of aromatic nitrogens is 1. The summed E-state index contributed by atoms with van der Waals surface area (Å²) < 4.78 is 42.5. The molecular formula is C29H28FN3O8S. The van der Waals surface area contributed by atoms with E-state index in [2.05, 4.69) is 4.74 Å². The highest BCUT2D eigenvalue weighted by Crippen LogP contribution is 2.44. The van der Waals surface area contributed by atoms with Crippen LogP contribution in [0, 0.1) is 5.82 Å². The number of morpholine rings is 1. The lowest BCUT2D eigenvalue weighted by molar-refractivity contribution is -0.0696. The Bertz CT molecular complexity index is 1580. The number of fused-ring (bicyclic) bond motifs is 4. The van der Waals surface area contributed by atoms with Gasteiger partial charge in [-0.3, -0.25) is 19.3 Å². The monoisotopic (exact) mass is 597 g/mol. The second kappa shape index (κ2) is 11.7. The number of pyridine rings is 1. The molecule has 1 saturated heterocycles. The fourth-order valence-corrected chi connectivity index (χ4v) is 6.83. The minimum absolute atomic E-state index is 0.0479. The van der Waals surface area contributed by atoms with Crippen molar-refractivity contribution in [2.24, 2.45) is 0 Å². The molecule has 11 nitrogen and oxygen atoms in total. The van der Waals surface area contributed by atoms with E-state index in [-0.39, 0.29) is 37.1 Å². The second-order valence-corrected chi connectivity index (χ2v) is 10.9. The Morgan fingerprint density at radius 3 is 2.74 bits per heavy atom. The number of nitrogens with zero attached hydrogens (tertiary/aromatic N) is 3. The summed E-state index contributed by atoms with van der Waals surface area (Å²) in [4.78, 5) is 41.6. The number of carbonyl (C=O) groups is 2. The van der Waals surface area contributed by atoms with Crippen molar-refractivity contribution in [2.45, 2.75) is 28.9 Å². The highest BCUT2D eigenvalue weighted by atomic mass is 32.2. The first-order valence-corrected chi connectivity index (χ1v) is 14.2. The topological polar surface area (TPSA) is 109 Å². The van der Waals surface area contributed by atoms with Crippen LogP contribution >= 0.6 is 11.8 Å². The van der Waals surface area contributed by atoms with Gasteiger partial charge in [0.25, 0.3) is 5.91 Å². The molecule has 1 aromatic heterocycles. The zero-order chi connectivity index (χ0) is 29.4. The van der Waals surface area contributed by atoms with E-state index < -0.39 is 42.5 Å². The highest BCUT2D eigenvalue weighted by Gasteiger charge is 2.49. The lowest BCUT2D eigenvalue weighted by Gasteiger charge is -2.53. The Morgan fingerprint density at radius 1 is 1.10 bits per heavy atom. The molecule has 1 amide bonds. The number of rotatable bonds is 6. The molecule has 3 aliphatic heterocycles. The number of hydrogen-bond donors (Lipinski definition) is 0. The molecular weight excluding hydrogens is 569 g/mol. The van der Waals surface area contributed by atoms with Crippen molar-refractivity contribution in [3.63, 3.8) is 0 Å². The molecule has 1 unspecified atom stereocenters. The number of hydrogen-bond acceptors (Lipinski definition) is 10. The van der Waals surface area contributed by atoms with Gasteiger partial charge >= 0.3 is 6.16 Å². The van der Waals surface area contributed by atoms with Gasteiger partial charge in [0, 0.05) is 30.0 Å². The summed E-state index contributed by atoms with van der Waals surface area (Å²) in [7, 11) is 2.68. The molecule has 6 rings (SSSR count). The SMILES string of the molecule is COCC1COC[C@@H]2N1C(=O)c1c(OCOC(=O)OC)c(=O)ccn1N2[C@H]1c2ccc(F)cc2CSc2ccccc21. The fourth-order valence-electron chi connectivity index (χ4n) is 5.75. The van der Waals surface area contributed by atoms with Gasteiger partial charge in [-0.2, -0.15) is 0 Å². The van der Waals surface area contributed by atoms with Crippen LogP contribution in [0.1, 0.15) is 33.2 Å². The fraction of sp³-hybridized carbons (Fsp3) is 0.345. The van der Waals surface area contributed by atoms with Gasteiger partial charge in [0.1, 0.15) is 12.0 Å². The van der Waals surface area contributed by atoms with Crippen LogP contribution in [-0.4, -0.2) is 74.7 Å². The molecule has 220 valence electrons. The average molecular weight is 598 g/mol. The quantitative estimate of drug-likeness (QED) is 0.310. The van der Waals surface area contributed by atoms with Gasteiger partial charge in [0.05, 0.1) is 39.0 Å². The molecule has 1 fully saturated rings. The van der Waals surface area contributed by atoms with E-state index >= 15 is 0 Å². The van der Waals surface area contributed by atoms with Gasteiger partial charge in [-0.05, 0) is 34.9 Å². The predicted molar refractivity (Wildman–Crippen MR) is 149 cm³/mol. The molecule has 0 N–H and O–H groups in total. The summed E-state index contributed by atoms with van der Waals surface area (Å²) in [5.74, 6) is -0.557. The van der Waals surface area contributed by atoms with E-state index in [9.17, 15) is 18.8 Å². The summed E-state index contributed by atoms with van der Waals surface area (Å²) in [5.41, 5.74) is 1.97. The van der Waals surface area contributed by atoms with Gasteiger partial charge in [0.15, 0.2) is 5.69 Å². The van der Waals surface area contributed by atoms with Crippen LogP contribution in [0.5, 0.6) is 5.75 Å².